The maximum atomic E-state index is 11.0. The molecule has 6 heteroatoms. The third-order valence-electron chi connectivity index (χ3n) is 2.54. The Morgan fingerprint density at radius 1 is 1.35 bits per heavy atom. The van der Waals surface area contributed by atoms with E-state index < -0.39 is 6.10 Å². The van der Waals surface area contributed by atoms with Crippen molar-refractivity contribution in [2.45, 2.75) is 50.3 Å². The van der Waals surface area contributed by atoms with Crippen LogP contribution in [0.4, 0.5) is 0 Å². The summed E-state index contributed by atoms with van der Waals surface area (Å²) >= 11 is 3.47. The molecule has 1 fully saturated rings. The monoisotopic (exact) mass is 308 g/mol. The van der Waals surface area contributed by atoms with E-state index in [2.05, 4.69) is 15.9 Å². The molecule has 0 aromatic carbocycles. The smallest absolute Gasteiger partial charge is 0.302 e. The van der Waals surface area contributed by atoms with Gasteiger partial charge < -0.3 is 14.2 Å². The van der Waals surface area contributed by atoms with Crippen molar-refractivity contribution in [3.05, 3.63) is 0 Å². The molecule has 1 heterocycles. The number of rotatable bonds is 3. The zero-order valence-corrected chi connectivity index (χ0v) is 11.7. The minimum Gasteiger partial charge on any atom is -0.463 e. The molecule has 0 aromatic heterocycles. The van der Waals surface area contributed by atoms with Crippen LogP contribution in [0.15, 0.2) is 0 Å². The van der Waals surface area contributed by atoms with E-state index in [4.69, 9.17) is 14.2 Å². The summed E-state index contributed by atoms with van der Waals surface area (Å²) in [6.45, 7) is 4.71. The van der Waals surface area contributed by atoms with Gasteiger partial charge in [0, 0.05) is 25.1 Å². The molecule has 98 valence electrons. The third-order valence-corrected chi connectivity index (χ3v) is 3.66. The Morgan fingerprint density at radius 2 is 2.00 bits per heavy atom. The molecule has 4 unspecified atom stereocenters. The summed E-state index contributed by atoms with van der Waals surface area (Å²) in [5.41, 5.74) is 0. The van der Waals surface area contributed by atoms with Gasteiger partial charge in [0.2, 0.25) is 0 Å². The molecule has 1 rings (SSSR count). The van der Waals surface area contributed by atoms with Crippen molar-refractivity contribution in [2.75, 3.05) is 6.61 Å². The van der Waals surface area contributed by atoms with Crippen molar-refractivity contribution >= 4 is 27.9 Å². The maximum Gasteiger partial charge on any atom is 0.302 e. The van der Waals surface area contributed by atoms with Crippen molar-refractivity contribution in [3.63, 3.8) is 0 Å². The fourth-order valence-electron chi connectivity index (χ4n) is 1.70. The molecule has 0 saturated carbocycles. The number of ether oxygens (including phenoxy) is 3. The molecule has 1 saturated heterocycles. The molecular formula is C11H17BrO5. The molecule has 0 amide bonds. The first-order chi connectivity index (χ1) is 7.90. The second kappa shape index (κ2) is 6.35. The van der Waals surface area contributed by atoms with E-state index in [1.54, 1.807) is 0 Å². The van der Waals surface area contributed by atoms with Crippen LogP contribution < -0.4 is 0 Å². The van der Waals surface area contributed by atoms with E-state index >= 15 is 0 Å². The van der Waals surface area contributed by atoms with Crippen molar-refractivity contribution < 1.29 is 23.8 Å². The highest BCUT2D eigenvalue weighted by Crippen LogP contribution is 2.27. The Kier molecular flexibility index (Phi) is 5.39. The number of carbonyl (C=O) groups is 2. The topological polar surface area (TPSA) is 61.8 Å². The van der Waals surface area contributed by atoms with Gasteiger partial charge in [-0.3, -0.25) is 9.59 Å². The van der Waals surface area contributed by atoms with Crippen LogP contribution in [0.2, 0.25) is 0 Å². The zero-order chi connectivity index (χ0) is 13.0. The van der Waals surface area contributed by atoms with E-state index in [9.17, 15) is 9.59 Å². The number of carbonyl (C=O) groups excluding carboxylic acids is 2. The summed E-state index contributed by atoms with van der Waals surface area (Å²) < 4.78 is 15.7. The van der Waals surface area contributed by atoms with Crippen LogP contribution in [0.25, 0.3) is 0 Å². The van der Waals surface area contributed by atoms with Gasteiger partial charge in [0.15, 0.2) is 0 Å². The fraction of sp³-hybridized carbons (Fsp3) is 0.818. The van der Waals surface area contributed by atoms with Gasteiger partial charge >= 0.3 is 11.9 Å². The molecule has 4 atom stereocenters. The van der Waals surface area contributed by atoms with Gasteiger partial charge in [-0.1, -0.05) is 15.9 Å². The van der Waals surface area contributed by atoms with E-state index in [1.807, 2.05) is 6.92 Å². The largest absolute Gasteiger partial charge is 0.463 e. The predicted octanol–water partition coefficient (Wildman–Crippen LogP) is 1.42. The lowest BCUT2D eigenvalue weighted by atomic mass is 10.0. The van der Waals surface area contributed by atoms with Crippen LogP contribution in [0, 0.1) is 0 Å². The van der Waals surface area contributed by atoms with Crippen LogP contribution in [-0.4, -0.2) is 41.7 Å². The molecule has 0 N–H and O–H groups in total. The van der Waals surface area contributed by atoms with Crippen LogP contribution >= 0.6 is 15.9 Å². The lowest BCUT2D eigenvalue weighted by Gasteiger charge is -2.37. The SMILES string of the molecule is CC(=O)OCC1OC(C)C(Br)CC1OC(C)=O. The predicted molar refractivity (Wildman–Crippen MR) is 63.9 cm³/mol. The molecular weight excluding hydrogens is 292 g/mol. The third kappa shape index (κ3) is 4.63. The standard InChI is InChI=1S/C11H17BrO5/c1-6-9(12)4-10(17-8(3)14)11(16-6)5-15-7(2)13/h6,9-11H,4-5H2,1-3H3. The van der Waals surface area contributed by atoms with E-state index in [0.29, 0.717) is 6.42 Å². The summed E-state index contributed by atoms with van der Waals surface area (Å²) in [5.74, 6) is -0.732. The average Bonchev–Trinajstić information content (AvgIpc) is 2.20. The maximum absolute atomic E-state index is 11.0. The van der Waals surface area contributed by atoms with Gasteiger partial charge in [-0.2, -0.15) is 0 Å². The summed E-state index contributed by atoms with van der Waals surface area (Å²) in [7, 11) is 0. The van der Waals surface area contributed by atoms with Gasteiger partial charge in [0.1, 0.15) is 18.8 Å². The van der Waals surface area contributed by atoms with Crippen molar-refractivity contribution in [2.24, 2.45) is 0 Å². The highest BCUT2D eigenvalue weighted by molar-refractivity contribution is 9.09. The van der Waals surface area contributed by atoms with E-state index in [0.717, 1.165) is 0 Å². The second-order valence-electron chi connectivity index (χ2n) is 4.08. The first-order valence-electron chi connectivity index (χ1n) is 5.50. The normalized spacial score (nSPS) is 32.9. The number of esters is 2. The number of hydrogen-bond donors (Lipinski definition) is 0. The second-order valence-corrected chi connectivity index (χ2v) is 5.26. The number of hydrogen-bond acceptors (Lipinski definition) is 5. The minimum absolute atomic E-state index is 0.0117. The van der Waals surface area contributed by atoms with Crippen LogP contribution in [0.3, 0.4) is 0 Å². The molecule has 0 spiro atoms. The Hall–Kier alpha value is -0.620. The van der Waals surface area contributed by atoms with E-state index in [1.165, 1.54) is 13.8 Å². The summed E-state index contributed by atoms with van der Waals surface area (Å²) in [6, 6.07) is 0. The van der Waals surface area contributed by atoms with Crippen molar-refractivity contribution in [1.82, 2.24) is 0 Å². The van der Waals surface area contributed by atoms with Crippen molar-refractivity contribution in [1.29, 1.82) is 0 Å². The molecule has 0 aliphatic carbocycles. The van der Waals surface area contributed by atoms with Crippen molar-refractivity contribution in [3.8, 4) is 0 Å². The summed E-state index contributed by atoms with van der Waals surface area (Å²) in [6.07, 6.45) is -0.145. The zero-order valence-electron chi connectivity index (χ0n) is 10.1. The molecule has 5 nitrogen and oxygen atoms in total. The number of alkyl halides is 1. The van der Waals surface area contributed by atoms with Gasteiger partial charge in [-0.05, 0) is 6.92 Å². The molecule has 0 aromatic rings. The number of halogens is 1. The Bertz CT molecular complexity index is 294. The van der Waals surface area contributed by atoms with Crippen LogP contribution in [0.5, 0.6) is 0 Å². The first-order valence-corrected chi connectivity index (χ1v) is 6.41. The molecule has 17 heavy (non-hydrogen) atoms. The fourth-order valence-corrected chi connectivity index (χ4v) is 2.19. The molecule has 1 aliphatic heterocycles. The highest BCUT2D eigenvalue weighted by atomic mass is 79.9. The Morgan fingerprint density at radius 3 is 2.53 bits per heavy atom. The van der Waals surface area contributed by atoms with Gasteiger partial charge in [-0.15, -0.1) is 0 Å². The Labute approximate surface area is 109 Å². The van der Waals surface area contributed by atoms with E-state index in [-0.39, 0.29) is 35.6 Å². The Balaban J connectivity index is 2.60. The molecule has 0 radical (unpaired) electrons. The van der Waals surface area contributed by atoms with Gasteiger partial charge in [0.05, 0.1) is 6.10 Å². The first kappa shape index (κ1) is 14.4. The summed E-state index contributed by atoms with van der Waals surface area (Å²) in [4.78, 5) is 21.9. The van der Waals surface area contributed by atoms with Gasteiger partial charge in [-0.25, -0.2) is 0 Å². The minimum atomic E-state index is -0.397. The summed E-state index contributed by atoms with van der Waals surface area (Å²) in [5, 5.41) is 0. The molecule has 0 bridgehead atoms. The highest BCUT2D eigenvalue weighted by Gasteiger charge is 2.37. The lowest BCUT2D eigenvalue weighted by molar-refractivity contribution is -0.177. The lowest BCUT2D eigenvalue weighted by Crippen LogP contribution is -2.48. The quantitative estimate of drug-likeness (QED) is 0.583. The van der Waals surface area contributed by atoms with Gasteiger partial charge in [0.25, 0.3) is 0 Å². The molecule has 1 aliphatic rings. The average molecular weight is 309 g/mol. The van der Waals surface area contributed by atoms with Crippen LogP contribution in [-0.2, 0) is 23.8 Å². The van der Waals surface area contributed by atoms with Crippen LogP contribution in [0.1, 0.15) is 27.2 Å².